The molecule has 0 spiro atoms. The fraction of sp³-hybridized carbons (Fsp3) is 0.300. The summed E-state index contributed by atoms with van der Waals surface area (Å²) in [6.45, 7) is 0.996. The molecule has 0 saturated heterocycles. The Morgan fingerprint density at radius 3 is 3.07 bits per heavy atom. The number of carbonyl (C=O) groups excluding carboxylic acids is 1. The Bertz CT molecular complexity index is 395. The van der Waals surface area contributed by atoms with Crippen LogP contribution in [0.15, 0.2) is 18.2 Å². The number of alkyl halides is 1. The van der Waals surface area contributed by atoms with Crippen molar-refractivity contribution in [3.63, 3.8) is 0 Å². The highest BCUT2D eigenvalue weighted by atomic mass is 35.5. The molecule has 1 heterocycles. The van der Waals surface area contributed by atoms with Gasteiger partial charge in [-0.3, -0.25) is 4.79 Å². The van der Waals surface area contributed by atoms with Gasteiger partial charge in [0.2, 0.25) is 5.91 Å². The summed E-state index contributed by atoms with van der Waals surface area (Å²) in [5.41, 5.74) is 0.694. The van der Waals surface area contributed by atoms with Crippen LogP contribution in [-0.2, 0) is 4.79 Å². The lowest BCUT2D eigenvalue weighted by molar-refractivity contribution is -0.116. The molecule has 2 rings (SSSR count). The smallest absolute Gasteiger partial charge is 0.242 e. The highest BCUT2D eigenvalue weighted by molar-refractivity contribution is 6.31. The molecule has 0 saturated carbocycles. The molecule has 5 heteroatoms. The molecule has 0 aromatic heterocycles. The number of anilines is 1. The molecule has 1 aromatic carbocycles. The fourth-order valence-electron chi connectivity index (χ4n) is 1.52. The van der Waals surface area contributed by atoms with Crippen LogP contribution in [0, 0.1) is 0 Å². The number of fused-ring (bicyclic) bond motifs is 1. The maximum absolute atomic E-state index is 11.5. The molecular weight excluding hydrogens is 237 g/mol. The summed E-state index contributed by atoms with van der Waals surface area (Å²) in [4.78, 5) is 13.1. The zero-order valence-corrected chi connectivity index (χ0v) is 9.38. The zero-order chi connectivity index (χ0) is 10.8. The number of carbonyl (C=O) groups is 1. The van der Waals surface area contributed by atoms with E-state index in [0.29, 0.717) is 29.6 Å². The van der Waals surface area contributed by atoms with E-state index in [0.717, 1.165) is 0 Å². The van der Waals surface area contributed by atoms with Crippen molar-refractivity contribution in [2.45, 2.75) is 0 Å². The molecule has 80 valence electrons. The predicted octanol–water partition coefficient (Wildman–Crippen LogP) is 2.30. The SMILES string of the molecule is O=C(CCl)N1CCOc2ccc(Cl)cc21. The topological polar surface area (TPSA) is 29.5 Å². The van der Waals surface area contributed by atoms with Crippen molar-refractivity contribution in [3.05, 3.63) is 23.2 Å². The minimum absolute atomic E-state index is 0.0358. The predicted molar refractivity (Wildman–Crippen MR) is 60.0 cm³/mol. The van der Waals surface area contributed by atoms with Crippen LogP contribution in [0.5, 0.6) is 5.75 Å². The van der Waals surface area contributed by atoms with Crippen LogP contribution >= 0.6 is 23.2 Å². The van der Waals surface area contributed by atoms with Crippen LogP contribution < -0.4 is 9.64 Å². The summed E-state index contributed by atoms with van der Waals surface area (Å²) in [7, 11) is 0. The first-order valence-electron chi connectivity index (χ1n) is 4.51. The van der Waals surface area contributed by atoms with Crippen molar-refractivity contribution in [2.24, 2.45) is 0 Å². The van der Waals surface area contributed by atoms with Gasteiger partial charge < -0.3 is 9.64 Å². The molecule has 1 aromatic rings. The average Bonchev–Trinajstić information content (AvgIpc) is 2.27. The van der Waals surface area contributed by atoms with E-state index in [-0.39, 0.29) is 11.8 Å². The first kappa shape index (κ1) is 10.6. The van der Waals surface area contributed by atoms with E-state index in [4.69, 9.17) is 27.9 Å². The first-order valence-corrected chi connectivity index (χ1v) is 5.42. The Hall–Kier alpha value is -0.930. The first-order chi connectivity index (χ1) is 7.22. The fourth-order valence-corrected chi connectivity index (χ4v) is 1.83. The van der Waals surface area contributed by atoms with Gasteiger partial charge in [0.25, 0.3) is 0 Å². The molecule has 0 aliphatic carbocycles. The number of rotatable bonds is 1. The highest BCUT2D eigenvalue weighted by Gasteiger charge is 2.22. The molecule has 0 radical (unpaired) electrons. The quantitative estimate of drug-likeness (QED) is 0.711. The maximum atomic E-state index is 11.5. The summed E-state index contributed by atoms with van der Waals surface area (Å²) in [6, 6.07) is 5.20. The lowest BCUT2D eigenvalue weighted by Crippen LogP contribution is -2.38. The van der Waals surface area contributed by atoms with E-state index in [9.17, 15) is 4.79 Å². The van der Waals surface area contributed by atoms with Crippen LogP contribution in [0.3, 0.4) is 0 Å². The van der Waals surface area contributed by atoms with Gasteiger partial charge in [0.05, 0.1) is 12.2 Å². The Labute approximate surface area is 97.5 Å². The molecule has 0 bridgehead atoms. The zero-order valence-electron chi connectivity index (χ0n) is 7.87. The van der Waals surface area contributed by atoms with Gasteiger partial charge in [0.1, 0.15) is 18.2 Å². The van der Waals surface area contributed by atoms with Gasteiger partial charge in [0, 0.05) is 5.02 Å². The minimum atomic E-state index is -0.136. The van der Waals surface area contributed by atoms with Crippen molar-refractivity contribution in [1.82, 2.24) is 0 Å². The third kappa shape index (κ3) is 2.03. The van der Waals surface area contributed by atoms with Gasteiger partial charge in [-0.25, -0.2) is 0 Å². The number of halogens is 2. The Morgan fingerprint density at radius 1 is 1.53 bits per heavy atom. The molecule has 0 N–H and O–H groups in total. The van der Waals surface area contributed by atoms with Crippen LogP contribution in [0.1, 0.15) is 0 Å². The normalized spacial score (nSPS) is 14.4. The molecule has 0 atom stereocenters. The van der Waals surface area contributed by atoms with E-state index < -0.39 is 0 Å². The number of benzene rings is 1. The lowest BCUT2D eigenvalue weighted by Gasteiger charge is -2.29. The molecule has 0 unspecified atom stereocenters. The Balaban J connectivity index is 2.40. The van der Waals surface area contributed by atoms with Gasteiger partial charge in [0.15, 0.2) is 0 Å². The Kier molecular flexibility index (Phi) is 3.03. The van der Waals surface area contributed by atoms with Crippen molar-refractivity contribution in [1.29, 1.82) is 0 Å². The van der Waals surface area contributed by atoms with Crippen molar-refractivity contribution in [2.75, 3.05) is 23.9 Å². The highest BCUT2D eigenvalue weighted by Crippen LogP contribution is 2.33. The Morgan fingerprint density at radius 2 is 2.33 bits per heavy atom. The number of hydrogen-bond acceptors (Lipinski definition) is 2. The van der Waals surface area contributed by atoms with E-state index in [1.165, 1.54) is 0 Å². The molecule has 1 amide bonds. The van der Waals surface area contributed by atoms with Crippen molar-refractivity contribution >= 4 is 34.8 Å². The average molecular weight is 246 g/mol. The maximum Gasteiger partial charge on any atom is 0.242 e. The van der Waals surface area contributed by atoms with Crippen LogP contribution in [0.2, 0.25) is 5.02 Å². The molecule has 1 aliphatic heterocycles. The van der Waals surface area contributed by atoms with Crippen LogP contribution in [0.25, 0.3) is 0 Å². The van der Waals surface area contributed by atoms with Gasteiger partial charge in [-0.1, -0.05) is 11.6 Å². The van der Waals surface area contributed by atoms with Gasteiger partial charge >= 0.3 is 0 Å². The number of amides is 1. The lowest BCUT2D eigenvalue weighted by atomic mass is 10.2. The second-order valence-corrected chi connectivity index (χ2v) is 3.84. The minimum Gasteiger partial charge on any atom is -0.490 e. The third-order valence-electron chi connectivity index (χ3n) is 2.20. The molecule has 15 heavy (non-hydrogen) atoms. The van der Waals surface area contributed by atoms with Crippen LogP contribution in [-0.4, -0.2) is 24.9 Å². The van der Waals surface area contributed by atoms with Crippen molar-refractivity contribution < 1.29 is 9.53 Å². The van der Waals surface area contributed by atoms with Crippen molar-refractivity contribution in [3.8, 4) is 5.75 Å². The largest absolute Gasteiger partial charge is 0.490 e. The van der Waals surface area contributed by atoms with Gasteiger partial charge in [-0.2, -0.15) is 0 Å². The second kappa shape index (κ2) is 4.29. The summed E-state index contributed by atoms with van der Waals surface area (Å²) in [5.74, 6) is 0.499. The van der Waals surface area contributed by atoms with E-state index in [1.807, 2.05) is 0 Å². The van der Waals surface area contributed by atoms with Crippen LogP contribution in [0.4, 0.5) is 5.69 Å². The molecule has 3 nitrogen and oxygen atoms in total. The standard InChI is InChI=1S/C10H9Cl2NO2/c11-6-10(14)13-3-4-15-9-2-1-7(12)5-8(9)13/h1-2,5H,3-4,6H2. The third-order valence-corrected chi connectivity index (χ3v) is 2.66. The summed E-state index contributed by atoms with van der Waals surface area (Å²) in [6.07, 6.45) is 0. The number of nitrogens with zero attached hydrogens (tertiary/aromatic N) is 1. The molecular formula is C10H9Cl2NO2. The number of ether oxygens (including phenoxy) is 1. The summed E-state index contributed by atoms with van der Waals surface area (Å²) in [5, 5.41) is 0.576. The molecule has 0 fully saturated rings. The molecule has 1 aliphatic rings. The summed E-state index contributed by atoms with van der Waals surface area (Å²) < 4.78 is 5.41. The summed E-state index contributed by atoms with van der Waals surface area (Å²) >= 11 is 11.4. The van der Waals surface area contributed by atoms with Gasteiger partial charge in [-0.05, 0) is 18.2 Å². The number of hydrogen-bond donors (Lipinski definition) is 0. The van der Waals surface area contributed by atoms with E-state index in [1.54, 1.807) is 23.1 Å². The van der Waals surface area contributed by atoms with E-state index >= 15 is 0 Å². The monoisotopic (exact) mass is 245 g/mol. The van der Waals surface area contributed by atoms with Gasteiger partial charge in [-0.15, -0.1) is 11.6 Å². The van der Waals surface area contributed by atoms with E-state index in [2.05, 4.69) is 0 Å². The second-order valence-electron chi connectivity index (χ2n) is 3.14.